The molecule has 0 saturated heterocycles. The van der Waals surface area contributed by atoms with Gasteiger partial charge in [0.05, 0.1) is 22.5 Å². The Morgan fingerprint density at radius 3 is 2.60 bits per heavy atom. The molecule has 0 aliphatic heterocycles. The van der Waals surface area contributed by atoms with Gasteiger partial charge in [-0.1, -0.05) is 12.1 Å². The Morgan fingerprint density at radius 1 is 1.25 bits per heavy atom. The molecule has 0 bridgehead atoms. The third kappa shape index (κ3) is 2.40. The van der Waals surface area contributed by atoms with Gasteiger partial charge in [0.15, 0.2) is 0 Å². The number of carboxylic acid groups (broad SMARTS) is 1. The Hall–Kier alpha value is -3.00. The number of para-hydroxylation sites is 1. The number of benzene rings is 2. The number of carbonyl (C=O) groups is 1. The first-order chi connectivity index (χ1) is 9.54. The van der Waals surface area contributed by atoms with E-state index in [2.05, 4.69) is 6.07 Å². The molecule has 0 aliphatic carbocycles. The number of nitriles is 1. The summed E-state index contributed by atoms with van der Waals surface area (Å²) in [5.74, 6) is -1.06. The van der Waals surface area contributed by atoms with Crippen molar-refractivity contribution in [2.24, 2.45) is 0 Å². The number of nitrogens with two attached hydrogens (primary N) is 1. The number of hydrogen-bond donors (Lipinski definition) is 2. The molecule has 20 heavy (non-hydrogen) atoms. The van der Waals surface area contributed by atoms with Crippen molar-refractivity contribution in [3.05, 3.63) is 53.6 Å². The number of aromatic carboxylic acids is 1. The van der Waals surface area contributed by atoms with Crippen LogP contribution in [0.2, 0.25) is 0 Å². The summed E-state index contributed by atoms with van der Waals surface area (Å²) >= 11 is 0. The van der Waals surface area contributed by atoms with Crippen LogP contribution in [0.25, 0.3) is 0 Å². The summed E-state index contributed by atoms with van der Waals surface area (Å²) in [5, 5.41) is 18.4. The quantitative estimate of drug-likeness (QED) is 0.834. The molecular formula is C15H13N3O2. The summed E-state index contributed by atoms with van der Waals surface area (Å²) in [6, 6.07) is 13.8. The molecule has 0 amide bonds. The van der Waals surface area contributed by atoms with Crippen LogP contribution in [0.4, 0.5) is 17.1 Å². The largest absolute Gasteiger partial charge is 0.478 e. The maximum atomic E-state index is 11.3. The smallest absolute Gasteiger partial charge is 0.337 e. The lowest BCUT2D eigenvalue weighted by atomic mass is 10.1. The molecule has 0 aliphatic rings. The minimum Gasteiger partial charge on any atom is -0.478 e. The van der Waals surface area contributed by atoms with Crippen molar-refractivity contribution < 1.29 is 9.90 Å². The normalized spacial score (nSPS) is 9.80. The third-order valence-electron chi connectivity index (χ3n) is 3.00. The first-order valence-electron chi connectivity index (χ1n) is 5.90. The molecule has 0 fully saturated rings. The van der Waals surface area contributed by atoms with Gasteiger partial charge in [-0.15, -0.1) is 0 Å². The number of nitrogens with zero attached hydrogens (tertiary/aromatic N) is 2. The van der Waals surface area contributed by atoms with Crippen LogP contribution in [-0.4, -0.2) is 18.1 Å². The molecule has 5 heteroatoms. The second-order valence-electron chi connectivity index (χ2n) is 4.27. The van der Waals surface area contributed by atoms with Crippen LogP contribution in [0.15, 0.2) is 42.5 Å². The maximum Gasteiger partial charge on any atom is 0.337 e. The first-order valence-corrected chi connectivity index (χ1v) is 5.90. The average molecular weight is 267 g/mol. The van der Waals surface area contributed by atoms with E-state index in [0.717, 1.165) is 0 Å². The highest BCUT2D eigenvalue weighted by atomic mass is 16.4. The van der Waals surface area contributed by atoms with Crippen molar-refractivity contribution in [1.82, 2.24) is 0 Å². The molecule has 0 aromatic heterocycles. The second kappa shape index (κ2) is 5.33. The van der Waals surface area contributed by atoms with Gasteiger partial charge < -0.3 is 15.7 Å². The van der Waals surface area contributed by atoms with Gasteiger partial charge in [0.25, 0.3) is 0 Å². The fourth-order valence-electron chi connectivity index (χ4n) is 2.01. The lowest BCUT2D eigenvalue weighted by Crippen LogP contribution is -2.15. The number of anilines is 3. The van der Waals surface area contributed by atoms with Gasteiger partial charge >= 0.3 is 5.97 Å². The molecule has 100 valence electrons. The van der Waals surface area contributed by atoms with Gasteiger partial charge in [0.2, 0.25) is 0 Å². The van der Waals surface area contributed by atoms with Gasteiger partial charge in [-0.2, -0.15) is 5.26 Å². The van der Waals surface area contributed by atoms with Gasteiger partial charge in [-0.3, -0.25) is 0 Å². The Bertz CT molecular complexity index is 705. The summed E-state index contributed by atoms with van der Waals surface area (Å²) < 4.78 is 0. The summed E-state index contributed by atoms with van der Waals surface area (Å²) in [6.07, 6.45) is 0. The van der Waals surface area contributed by atoms with Crippen LogP contribution in [0.3, 0.4) is 0 Å². The highest BCUT2D eigenvalue weighted by Gasteiger charge is 2.16. The molecule has 0 radical (unpaired) electrons. The molecule has 2 aromatic rings. The fraction of sp³-hybridized carbons (Fsp3) is 0.0667. The zero-order valence-corrected chi connectivity index (χ0v) is 10.9. The number of rotatable bonds is 3. The summed E-state index contributed by atoms with van der Waals surface area (Å²) in [4.78, 5) is 13.0. The van der Waals surface area contributed by atoms with Crippen molar-refractivity contribution in [3.8, 4) is 6.07 Å². The van der Waals surface area contributed by atoms with Crippen molar-refractivity contribution >= 4 is 23.0 Å². The van der Waals surface area contributed by atoms with Crippen LogP contribution < -0.4 is 10.6 Å². The predicted molar refractivity (Wildman–Crippen MR) is 77.0 cm³/mol. The van der Waals surface area contributed by atoms with Crippen LogP contribution in [0, 0.1) is 11.3 Å². The monoisotopic (exact) mass is 267 g/mol. The predicted octanol–water partition coefficient (Wildman–Crippen LogP) is 2.61. The van der Waals surface area contributed by atoms with Crippen LogP contribution >= 0.6 is 0 Å². The molecular weight excluding hydrogens is 254 g/mol. The number of nitrogen functional groups attached to an aromatic ring is 1. The Morgan fingerprint density at radius 2 is 1.95 bits per heavy atom. The highest BCUT2D eigenvalue weighted by Crippen LogP contribution is 2.30. The Kier molecular flexibility index (Phi) is 3.58. The van der Waals surface area contributed by atoms with Crippen molar-refractivity contribution in [2.75, 3.05) is 17.7 Å². The zero-order chi connectivity index (χ0) is 14.7. The van der Waals surface area contributed by atoms with E-state index in [4.69, 9.17) is 11.0 Å². The van der Waals surface area contributed by atoms with E-state index in [1.54, 1.807) is 48.3 Å². The lowest BCUT2D eigenvalue weighted by molar-refractivity contribution is 0.0697. The minimum absolute atomic E-state index is 0.0974. The molecule has 2 aromatic carbocycles. The third-order valence-corrected chi connectivity index (χ3v) is 3.00. The molecule has 0 unspecified atom stereocenters. The van der Waals surface area contributed by atoms with Crippen molar-refractivity contribution in [1.29, 1.82) is 5.26 Å². The van der Waals surface area contributed by atoms with Gasteiger partial charge in [-0.25, -0.2) is 4.79 Å². The molecule has 0 atom stereocenters. The highest BCUT2D eigenvalue weighted by molar-refractivity contribution is 5.97. The first kappa shape index (κ1) is 13.4. The van der Waals surface area contributed by atoms with E-state index in [1.807, 2.05) is 0 Å². The van der Waals surface area contributed by atoms with E-state index in [0.29, 0.717) is 22.6 Å². The molecule has 5 nitrogen and oxygen atoms in total. The summed E-state index contributed by atoms with van der Waals surface area (Å²) in [7, 11) is 1.72. The Balaban J connectivity index is 2.57. The topological polar surface area (TPSA) is 90.4 Å². The van der Waals surface area contributed by atoms with E-state index < -0.39 is 5.97 Å². The SMILES string of the molecule is CN(c1ccccc1C#N)c1ccc(N)cc1C(=O)O. The van der Waals surface area contributed by atoms with E-state index >= 15 is 0 Å². The van der Waals surface area contributed by atoms with Crippen molar-refractivity contribution in [3.63, 3.8) is 0 Å². The van der Waals surface area contributed by atoms with E-state index in [-0.39, 0.29) is 5.56 Å². The summed E-state index contributed by atoms with van der Waals surface area (Å²) in [5.41, 5.74) is 7.70. The van der Waals surface area contributed by atoms with Gasteiger partial charge in [0, 0.05) is 12.7 Å². The molecule has 3 N–H and O–H groups in total. The molecule has 2 rings (SSSR count). The molecule has 0 spiro atoms. The Labute approximate surface area is 116 Å². The lowest BCUT2D eigenvalue weighted by Gasteiger charge is -2.22. The maximum absolute atomic E-state index is 11.3. The van der Waals surface area contributed by atoms with Gasteiger partial charge in [0.1, 0.15) is 6.07 Å². The second-order valence-corrected chi connectivity index (χ2v) is 4.27. The summed E-state index contributed by atoms with van der Waals surface area (Å²) in [6.45, 7) is 0. The zero-order valence-electron chi connectivity index (χ0n) is 10.9. The molecule has 0 heterocycles. The molecule has 0 saturated carbocycles. The van der Waals surface area contributed by atoms with Crippen LogP contribution in [-0.2, 0) is 0 Å². The van der Waals surface area contributed by atoms with Crippen LogP contribution in [0.1, 0.15) is 15.9 Å². The van der Waals surface area contributed by atoms with E-state index in [1.165, 1.54) is 6.07 Å². The standard InChI is InChI=1S/C15H13N3O2/c1-18(13-5-3-2-4-10(13)9-16)14-7-6-11(17)8-12(14)15(19)20/h2-8H,17H2,1H3,(H,19,20). The van der Waals surface area contributed by atoms with E-state index in [9.17, 15) is 9.90 Å². The minimum atomic E-state index is -1.06. The average Bonchev–Trinajstić information content (AvgIpc) is 2.46. The number of carboxylic acids is 1. The number of hydrogen-bond acceptors (Lipinski definition) is 4. The van der Waals surface area contributed by atoms with Crippen LogP contribution in [0.5, 0.6) is 0 Å². The van der Waals surface area contributed by atoms with Gasteiger partial charge in [-0.05, 0) is 30.3 Å². The fourth-order valence-corrected chi connectivity index (χ4v) is 2.01. The van der Waals surface area contributed by atoms with Crippen molar-refractivity contribution in [2.45, 2.75) is 0 Å².